The first-order valence-electron chi connectivity index (χ1n) is 7.16. The summed E-state index contributed by atoms with van der Waals surface area (Å²) in [5, 5.41) is 6.37. The van der Waals surface area contributed by atoms with Gasteiger partial charge in [0.05, 0.1) is 0 Å². The highest BCUT2D eigenvalue weighted by Gasteiger charge is 2.41. The van der Waals surface area contributed by atoms with Crippen molar-refractivity contribution < 1.29 is 9.32 Å². The third-order valence-electron chi connectivity index (χ3n) is 4.39. The Hall–Kier alpha value is -2.37. The molecule has 0 radical (unpaired) electrons. The maximum absolute atomic E-state index is 12.5. The van der Waals surface area contributed by atoms with Crippen molar-refractivity contribution in [2.75, 3.05) is 5.32 Å². The number of benzene rings is 1. The molecule has 0 atom stereocenters. The van der Waals surface area contributed by atoms with E-state index in [0.717, 1.165) is 12.8 Å². The Morgan fingerprint density at radius 1 is 1.38 bits per heavy atom. The number of aryl methyl sites for hydroxylation is 1. The van der Waals surface area contributed by atoms with Gasteiger partial charge in [-0.25, -0.2) is 4.79 Å². The van der Waals surface area contributed by atoms with Gasteiger partial charge in [-0.2, -0.15) is 4.98 Å². The molecule has 3 aliphatic rings. The van der Waals surface area contributed by atoms with Crippen LogP contribution in [0.4, 0.5) is 10.8 Å². The van der Waals surface area contributed by atoms with Crippen LogP contribution in [0.5, 0.6) is 0 Å². The van der Waals surface area contributed by atoms with Gasteiger partial charge in [0.2, 0.25) is 0 Å². The third kappa shape index (κ3) is 2.07. The topological polar surface area (TPSA) is 71.3 Å². The van der Waals surface area contributed by atoms with E-state index in [2.05, 4.69) is 33.7 Å². The van der Waals surface area contributed by atoms with Crippen LogP contribution < -0.4 is 5.32 Å². The van der Waals surface area contributed by atoms with E-state index in [0.29, 0.717) is 24.3 Å². The summed E-state index contributed by atoms with van der Waals surface area (Å²) in [5.41, 5.74) is 2.62. The number of hydrogen-bond acceptors (Lipinski definition) is 4. The van der Waals surface area contributed by atoms with Gasteiger partial charge in [0.1, 0.15) is 0 Å². The van der Waals surface area contributed by atoms with Crippen LogP contribution in [0.15, 0.2) is 28.8 Å². The van der Waals surface area contributed by atoms with Crippen molar-refractivity contribution in [1.29, 1.82) is 0 Å². The molecule has 0 unspecified atom stereocenters. The van der Waals surface area contributed by atoms with Crippen LogP contribution >= 0.6 is 0 Å². The van der Waals surface area contributed by atoms with E-state index in [1.165, 1.54) is 11.1 Å². The number of fused-ring (bicyclic) bond motifs is 1. The molecule has 2 bridgehead atoms. The van der Waals surface area contributed by atoms with Crippen LogP contribution in [0, 0.1) is 6.92 Å². The third-order valence-corrected chi connectivity index (χ3v) is 4.39. The van der Waals surface area contributed by atoms with Gasteiger partial charge in [-0.15, -0.1) is 0 Å². The first-order valence-corrected chi connectivity index (χ1v) is 7.16. The van der Waals surface area contributed by atoms with Gasteiger partial charge < -0.3 is 9.42 Å². The van der Waals surface area contributed by atoms with Gasteiger partial charge in [0.25, 0.3) is 0 Å². The average Bonchev–Trinajstić information content (AvgIpc) is 2.69. The smallest absolute Gasteiger partial charge is 0.317 e. The lowest BCUT2D eigenvalue weighted by Crippen LogP contribution is -2.46. The lowest BCUT2D eigenvalue weighted by Gasteiger charge is -2.39. The Morgan fingerprint density at radius 3 is 2.95 bits per heavy atom. The minimum Gasteiger partial charge on any atom is -0.317 e. The Morgan fingerprint density at radius 2 is 2.19 bits per heavy atom. The normalized spacial score (nSPS) is 23.0. The molecular formula is C15H16N4O2. The standard InChI is InChI=1S/C15H16N4O2/c1-9-16-14(21-18-9)17-15(20)19-8-10-4-2-3-5-13(10)11-6-12(19)7-11/h2-5,11-12H,6-8H2,1H3,(H,16,17,18,20). The number of urea groups is 1. The van der Waals surface area contributed by atoms with Gasteiger partial charge in [-0.1, -0.05) is 29.4 Å². The molecule has 1 fully saturated rings. The second-order valence-electron chi connectivity index (χ2n) is 5.73. The van der Waals surface area contributed by atoms with Crippen molar-refractivity contribution in [3.8, 4) is 0 Å². The largest absolute Gasteiger partial charge is 0.329 e. The summed E-state index contributed by atoms with van der Waals surface area (Å²) in [6.07, 6.45) is 2.07. The molecule has 2 aliphatic heterocycles. The van der Waals surface area contributed by atoms with Crippen molar-refractivity contribution in [1.82, 2.24) is 15.0 Å². The SMILES string of the molecule is Cc1noc(NC(=O)N2Cc3ccccc3C3CC2C3)n1. The monoisotopic (exact) mass is 284 g/mol. The van der Waals surface area contributed by atoms with Crippen molar-refractivity contribution >= 4 is 12.0 Å². The summed E-state index contributed by atoms with van der Waals surface area (Å²) in [5.74, 6) is 1.10. The average molecular weight is 284 g/mol. The summed E-state index contributed by atoms with van der Waals surface area (Å²) < 4.78 is 4.95. The van der Waals surface area contributed by atoms with E-state index in [4.69, 9.17) is 4.52 Å². The minimum atomic E-state index is -0.168. The van der Waals surface area contributed by atoms with Crippen LogP contribution in [0.25, 0.3) is 0 Å². The summed E-state index contributed by atoms with van der Waals surface area (Å²) in [6, 6.07) is 8.67. The molecule has 3 heterocycles. The molecule has 0 spiro atoms. The molecule has 6 heteroatoms. The molecule has 21 heavy (non-hydrogen) atoms. The van der Waals surface area contributed by atoms with Crippen molar-refractivity contribution in [2.24, 2.45) is 0 Å². The first kappa shape index (κ1) is 12.4. The summed E-state index contributed by atoms with van der Waals surface area (Å²) in [4.78, 5) is 18.4. The maximum atomic E-state index is 12.5. The van der Waals surface area contributed by atoms with Crippen LogP contribution in [0.3, 0.4) is 0 Å². The van der Waals surface area contributed by atoms with Gasteiger partial charge in [-0.3, -0.25) is 5.32 Å². The Kier molecular flexibility index (Phi) is 2.70. The Bertz CT molecular complexity index is 690. The van der Waals surface area contributed by atoms with Crippen LogP contribution in [0.1, 0.15) is 35.7 Å². The highest BCUT2D eigenvalue weighted by Crippen LogP contribution is 2.45. The van der Waals surface area contributed by atoms with Gasteiger partial charge in [0, 0.05) is 12.6 Å². The zero-order chi connectivity index (χ0) is 14.4. The number of nitrogens with zero attached hydrogens (tertiary/aromatic N) is 3. The number of carbonyl (C=O) groups is 1. The number of hydrogen-bond donors (Lipinski definition) is 1. The lowest BCUT2D eigenvalue weighted by molar-refractivity contribution is 0.139. The molecule has 1 aliphatic carbocycles. The number of rotatable bonds is 1. The number of carbonyl (C=O) groups excluding carboxylic acids is 1. The summed E-state index contributed by atoms with van der Waals surface area (Å²) >= 11 is 0. The van der Waals surface area contributed by atoms with Gasteiger partial charge in [-0.05, 0) is 36.8 Å². The second kappa shape index (κ2) is 4.58. The molecule has 108 valence electrons. The molecule has 5 rings (SSSR count). The predicted molar refractivity (Wildman–Crippen MR) is 75.8 cm³/mol. The van der Waals surface area contributed by atoms with Crippen molar-refractivity contribution in [3.05, 3.63) is 41.2 Å². The van der Waals surface area contributed by atoms with Crippen LogP contribution in [-0.2, 0) is 6.54 Å². The quantitative estimate of drug-likeness (QED) is 0.874. The summed E-state index contributed by atoms with van der Waals surface area (Å²) in [6.45, 7) is 2.36. The van der Waals surface area contributed by atoms with Crippen molar-refractivity contribution in [2.45, 2.75) is 38.3 Å². The Balaban J connectivity index is 1.57. The molecule has 0 saturated heterocycles. The molecule has 1 saturated carbocycles. The van der Waals surface area contributed by atoms with E-state index < -0.39 is 0 Å². The number of nitrogens with one attached hydrogen (secondary N) is 1. The second-order valence-corrected chi connectivity index (χ2v) is 5.73. The molecule has 2 aromatic rings. The van der Waals surface area contributed by atoms with Crippen molar-refractivity contribution in [3.63, 3.8) is 0 Å². The van der Waals surface area contributed by atoms with E-state index in [1.54, 1.807) is 6.92 Å². The molecule has 2 amide bonds. The highest BCUT2D eigenvalue weighted by molar-refractivity contribution is 5.87. The summed E-state index contributed by atoms with van der Waals surface area (Å²) in [7, 11) is 0. The lowest BCUT2D eigenvalue weighted by atomic mass is 9.76. The van der Waals surface area contributed by atoms with Gasteiger partial charge in [0.15, 0.2) is 5.82 Å². The molecule has 6 nitrogen and oxygen atoms in total. The molecule has 1 aromatic heterocycles. The molecule has 1 N–H and O–H groups in total. The van der Waals surface area contributed by atoms with Gasteiger partial charge >= 0.3 is 12.0 Å². The predicted octanol–water partition coefficient (Wildman–Crippen LogP) is 2.67. The molecule has 1 aromatic carbocycles. The van der Waals surface area contributed by atoms with E-state index in [9.17, 15) is 4.79 Å². The molecular weight excluding hydrogens is 268 g/mol. The van der Waals surface area contributed by atoms with E-state index >= 15 is 0 Å². The fraction of sp³-hybridized carbons (Fsp3) is 0.400. The van der Waals surface area contributed by atoms with Crippen LogP contribution in [0.2, 0.25) is 0 Å². The minimum absolute atomic E-state index is 0.158. The Labute approximate surface area is 122 Å². The zero-order valence-electron chi connectivity index (χ0n) is 11.7. The van der Waals surface area contributed by atoms with E-state index in [1.807, 2.05) is 11.0 Å². The fourth-order valence-electron chi connectivity index (χ4n) is 3.23. The fourth-order valence-corrected chi connectivity index (χ4v) is 3.23. The maximum Gasteiger partial charge on any atom is 0.329 e. The first-order chi connectivity index (χ1) is 10.2. The zero-order valence-corrected chi connectivity index (χ0v) is 11.7. The number of amides is 2. The van der Waals surface area contributed by atoms with Crippen LogP contribution in [-0.4, -0.2) is 27.1 Å². The number of anilines is 1. The van der Waals surface area contributed by atoms with E-state index in [-0.39, 0.29) is 12.0 Å². The highest BCUT2D eigenvalue weighted by atomic mass is 16.5. The number of aromatic nitrogens is 2.